The van der Waals surface area contributed by atoms with Gasteiger partial charge in [-0.25, -0.2) is 4.79 Å². The van der Waals surface area contributed by atoms with Gasteiger partial charge in [0.25, 0.3) is 0 Å². The van der Waals surface area contributed by atoms with E-state index in [-0.39, 0.29) is 12.1 Å². The van der Waals surface area contributed by atoms with Crippen LogP contribution in [0.3, 0.4) is 0 Å². The molecule has 0 spiro atoms. The van der Waals surface area contributed by atoms with E-state index in [0.29, 0.717) is 6.61 Å². The molecule has 2 rings (SSSR count). The van der Waals surface area contributed by atoms with Crippen molar-refractivity contribution in [1.82, 2.24) is 5.32 Å². The molecule has 3 nitrogen and oxygen atoms in total. The van der Waals surface area contributed by atoms with Crippen LogP contribution in [0.5, 0.6) is 0 Å². The first-order valence-corrected chi connectivity index (χ1v) is 5.94. The molecule has 1 aliphatic heterocycles. The molecule has 4 heteroatoms. The average Bonchev–Trinajstić information content (AvgIpc) is 2.67. The van der Waals surface area contributed by atoms with Crippen molar-refractivity contribution in [3.63, 3.8) is 0 Å². The van der Waals surface area contributed by atoms with Crippen LogP contribution in [0.25, 0.3) is 0 Å². The summed E-state index contributed by atoms with van der Waals surface area (Å²) in [4.78, 5) is 12.1. The number of amides is 1. The fourth-order valence-corrected chi connectivity index (χ4v) is 2.19. The van der Waals surface area contributed by atoms with Crippen LogP contribution in [-0.2, 0) is 4.74 Å². The molecule has 1 heterocycles. The first-order valence-electron chi connectivity index (χ1n) is 4.95. The second kappa shape index (κ2) is 4.57. The zero-order valence-corrected chi connectivity index (χ0v) is 9.34. The smallest absolute Gasteiger partial charge is 0.407 e. The second-order valence-electron chi connectivity index (χ2n) is 3.30. The second-order valence-corrected chi connectivity index (χ2v) is 4.63. The number of carbonyl (C=O) groups excluding carboxylic acids is 1. The lowest BCUT2D eigenvalue weighted by Gasteiger charge is -2.07. The van der Waals surface area contributed by atoms with Gasteiger partial charge < -0.3 is 10.1 Å². The maximum atomic E-state index is 10.9. The lowest BCUT2D eigenvalue weighted by atomic mass is 10.1. The van der Waals surface area contributed by atoms with E-state index in [2.05, 4.69) is 24.4 Å². The van der Waals surface area contributed by atoms with Crippen molar-refractivity contribution in [2.45, 2.75) is 17.9 Å². The van der Waals surface area contributed by atoms with Crippen molar-refractivity contribution in [3.8, 4) is 0 Å². The number of cyclic esters (lactones) is 1. The number of rotatable bonds is 3. The largest absolute Gasteiger partial charge is 0.447 e. The van der Waals surface area contributed by atoms with Gasteiger partial charge in [0, 0.05) is 4.90 Å². The summed E-state index contributed by atoms with van der Waals surface area (Å²) in [6, 6.07) is 8.25. The number of hydrogen-bond donors (Lipinski definition) is 1. The van der Waals surface area contributed by atoms with Crippen molar-refractivity contribution in [2.75, 3.05) is 12.4 Å². The van der Waals surface area contributed by atoms with Crippen LogP contribution in [0.4, 0.5) is 4.79 Å². The molecule has 1 aliphatic rings. The molecule has 0 saturated carbocycles. The maximum Gasteiger partial charge on any atom is 0.407 e. The topological polar surface area (TPSA) is 38.3 Å². The SMILES string of the molecule is CCSc1ccc([C@H]2COC(=O)N2)cc1. The monoisotopic (exact) mass is 223 g/mol. The molecule has 1 fully saturated rings. The first-order chi connectivity index (χ1) is 7.29. The summed E-state index contributed by atoms with van der Waals surface area (Å²) in [7, 11) is 0. The third kappa shape index (κ3) is 2.45. The van der Waals surface area contributed by atoms with Gasteiger partial charge in [0.05, 0.1) is 6.04 Å². The Balaban J connectivity index is 2.06. The Labute approximate surface area is 93.2 Å². The van der Waals surface area contributed by atoms with Crippen LogP contribution in [0.2, 0.25) is 0 Å². The predicted molar refractivity (Wildman–Crippen MR) is 60.1 cm³/mol. The van der Waals surface area contributed by atoms with E-state index in [9.17, 15) is 4.79 Å². The van der Waals surface area contributed by atoms with E-state index in [4.69, 9.17) is 4.74 Å². The lowest BCUT2D eigenvalue weighted by molar-refractivity contribution is 0.177. The Morgan fingerprint density at radius 3 is 2.73 bits per heavy atom. The minimum atomic E-state index is -0.327. The number of hydrogen-bond acceptors (Lipinski definition) is 3. The van der Waals surface area contributed by atoms with Crippen LogP contribution >= 0.6 is 11.8 Å². The van der Waals surface area contributed by atoms with Gasteiger partial charge in [-0.15, -0.1) is 11.8 Å². The van der Waals surface area contributed by atoms with Crippen molar-refractivity contribution in [2.24, 2.45) is 0 Å². The van der Waals surface area contributed by atoms with Gasteiger partial charge in [-0.3, -0.25) is 0 Å². The minimum Gasteiger partial charge on any atom is -0.447 e. The molecule has 1 saturated heterocycles. The summed E-state index contributed by atoms with van der Waals surface area (Å²) in [5.74, 6) is 1.07. The lowest BCUT2D eigenvalue weighted by Crippen LogP contribution is -2.18. The standard InChI is InChI=1S/C11H13NO2S/c1-2-15-9-5-3-8(4-6-9)10-7-14-11(13)12-10/h3-6,10H,2,7H2,1H3,(H,12,13)/t10-/m1/s1. The number of benzene rings is 1. The molecule has 15 heavy (non-hydrogen) atoms. The van der Waals surface area contributed by atoms with Crippen LogP contribution in [-0.4, -0.2) is 18.5 Å². The molecular formula is C11H13NO2S. The van der Waals surface area contributed by atoms with Crippen LogP contribution in [0.1, 0.15) is 18.5 Å². The fourth-order valence-electron chi connectivity index (χ4n) is 1.53. The van der Waals surface area contributed by atoms with Gasteiger partial charge in [0.15, 0.2) is 0 Å². The Bertz CT molecular complexity index is 350. The summed E-state index contributed by atoms with van der Waals surface area (Å²) >= 11 is 1.81. The Morgan fingerprint density at radius 2 is 2.20 bits per heavy atom. The van der Waals surface area contributed by atoms with E-state index in [1.54, 1.807) is 0 Å². The number of carbonyl (C=O) groups is 1. The Hall–Kier alpha value is -1.16. The molecule has 80 valence electrons. The van der Waals surface area contributed by atoms with E-state index >= 15 is 0 Å². The van der Waals surface area contributed by atoms with Gasteiger partial charge in [-0.05, 0) is 23.4 Å². The molecule has 0 bridgehead atoms. The fraction of sp³-hybridized carbons (Fsp3) is 0.364. The molecule has 1 aromatic rings. The molecule has 1 atom stereocenters. The highest BCUT2D eigenvalue weighted by Gasteiger charge is 2.23. The summed E-state index contributed by atoms with van der Waals surface area (Å²) < 4.78 is 4.84. The zero-order chi connectivity index (χ0) is 10.7. The zero-order valence-electron chi connectivity index (χ0n) is 8.53. The van der Waals surface area contributed by atoms with Gasteiger partial charge in [0.2, 0.25) is 0 Å². The third-order valence-corrected chi connectivity index (χ3v) is 3.16. The van der Waals surface area contributed by atoms with Gasteiger partial charge in [-0.2, -0.15) is 0 Å². The van der Waals surface area contributed by atoms with Crippen molar-refractivity contribution >= 4 is 17.9 Å². The molecule has 1 amide bonds. The number of thioether (sulfide) groups is 1. The van der Waals surface area contributed by atoms with E-state index in [0.717, 1.165) is 11.3 Å². The van der Waals surface area contributed by atoms with Gasteiger partial charge >= 0.3 is 6.09 Å². The number of alkyl carbamates (subject to hydrolysis) is 1. The number of ether oxygens (including phenoxy) is 1. The quantitative estimate of drug-likeness (QED) is 0.800. The molecule has 0 unspecified atom stereocenters. The van der Waals surface area contributed by atoms with Crippen molar-refractivity contribution in [1.29, 1.82) is 0 Å². The van der Waals surface area contributed by atoms with E-state index < -0.39 is 0 Å². The molecule has 0 aliphatic carbocycles. The Kier molecular flexibility index (Phi) is 3.16. The highest BCUT2D eigenvalue weighted by Crippen LogP contribution is 2.22. The van der Waals surface area contributed by atoms with Crippen molar-refractivity contribution < 1.29 is 9.53 Å². The summed E-state index contributed by atoms with van der Waals surface area (Å²) in [5.41, 5.74) is 1.10. The van der Waals surface area contributed by atoms with Crippen LogP contribution < -0.4 is 5.32 Å². The van der Waals surface area contributed by atoms with Gasteiger partial charge in [0.1, 0.15) is 6.61 Å². The average molecular weight is 223 g/mol. The third-order valence-electron chi connectivity index (χ3n) is 2.27. The van der Waals surface area contributed by atoms with Crippen LogP contribution in [0.15, 0.2) is 29.2 Å². The Morgan fingerprint density at radius 1 is 1.47 bits per heavy atom. The number of nitrogens with one attached hydrogen (secondary N) is 1. The van der Waals surface area contributed by atoms with Crippen LogP contribution in [0, 0.1) is 0 Å². The molecule has 0 radical (unpaired) electrons. The first kappa shape index (κ1) is 10.4. The molecule has 1 N–H and O–H groups in total. The summed E-state index contributed by atoms with van der Waals surface area (Å²) in [6.45, 7) is 2.56. The predicted octanol–water partition coefficient (Wildman–Crippen LogP) is 2.58. The molecular weight excluding hydrogens is 210 g/mol. The summed E-state index contributed by atoms with van der Waals surface area (Å²) in [6.07, 6.45) is -0.327. The highest BCUT2D eigenvalue weighted by molar-refractivity contribution is 7.99. The van der Waals surface area contributed by atoms with E-state index in [1.165, 1.54) is 4.90 Å². The summed E-state index contributed by atoms with van der Waals surface area (Å²) in [5, 5.41) is 2.75. The molecule has 1 aromatic carbocycles. The normalized spacial score (nSPS) is 19.8. The van der Waals surface area contributed by atoms with E-state index in [1.807, 2.05) is 23.9 Å². The highest BCUT2D eigenvalue weighted by atomic mass is 32.2. The maximum absolute atomic E-state index is 10.9. The van der Waals surface area contributed by atoms with Gasteiger partial charge in [-0.1, -0.05) is 19.1 Å². The minimum absolute atomic E-state index is 0.0122. The van der Waals surface area contributed by atoms with Crippen molar-refractivity contribution in [3.05, 3.63) is 29.8 Å². The molecule has 0 aromatic heterocycles.